The van der Waals surface area contributed by atoms with E-state index in [4.69, 9.17) is 0 Å². The number of benzene rings is 2. The molecule has 22 heavy (non-hydrogen) atoms. The Hall–Kier alpha value is -2.59. The molecule has 1 aromatic heterocycles. The van der Waals surface area contributed by atoms with Crippen molar-refractivity contribution in [3.63, 3.8) is 0 Å². The summed E-state index contributed by atoms with van der Waals surface area (Å²) in [4.78, 5) is 11.2. The monoisotopic (exact) mass is 295 g/mol. The Kier molecular flexibility index (Phi) is 3.94. The normalized spacial score (nSPS) is 11.0. The van der Waals surface area contributed by atoms with Gasteiger partial charge < -0.3 is 14.8 Å². The molecule has 1 heterocycles. The summed E-state index contributed by atoms with van der Waals surface area (Å²) in [5.41, 5.74) is 3.30. The number of fused-ring (bicyclic) bond motifs is 1. The molecule has 4 heteroatoms. The van der Waals surface area contributed by atoms with E-state index in [9.17, 15) is 15.0 Å². The van der Waals surface area contributed by atoms with Crippen molar-refractivity contribution in [2.24, 2.45) is 0 Å². The van der Waals surface area contributed by atoms with E-state index in [0.717, 1.165) is 22.2 Å². The van der Waals surface area contributed by atoms with Crippen molar-refractivity contribution in [2.45, 2.75) is 13.0 Å². The highest BCUT2D eigenvalue weighted by Crippen LogP contribution is 2.23. The molecule has 0 aliphatic carbocycles. The number of rotatable bonds is 5. The minimum atomic E-state index is -0.932. The predicted octanol–water partition coefficient (Wildman–Crippen LogP) is 2.92. The molecule has 0 saturated heterocycles. The van der Waals surface area contributed by atoms with Crippen LogP contribution in [0.5, 0.6) is 0 Å². The fourth-order valence-electron chi connectivity index (χ4n) is 2.72. The lowest BCUT2D eigenvalue weighted by molar-refractivity contribution is 0.0697. The predicted molar refractivity (Wildman–Crippen MR) is 85.2 cm³/mol. The second-order valence-electron chi connectivity index (χ2n) is 5.26. The van der Waals surface area contributed by atoms with E-state index in [1.165, 1.54) is 0 Å². The summed E-state index contributed by atoms with van der Waals surface area (Å²) >= 11 is 0. The third-order valence-corrected chi connectivity index (χ3v) is 3.79. The van der Waals surface area contributed by atoms with E-state index in [2.05, 4.69) is 4.57 Å². The van der Waals surface area contributed by atoms with Gasteiger partial charge in [-0.1, -0.05) is 36.4 Å². The van der Waals surface area contributed by atoms with Crippen LogP contribution < -0.4 is 0 Å². The fraction of sp³-hybridized carbons (Fsp3) is 0.167. The number of aliphatic hydroxyl groups excluding tert-OH is 1. The van der Waals surface area contributed by atoms with Gasteiger partial charge in [0.2, 0.25) is 0 Å². The second kappa shape index (κ2) is 6.03. The number of hydrogen-bond acceptors (Lipinski definition) is 2. The van der Waals surface area contributed by atoms with E-state index in [1.54, 1.807) is 12.1 Å². The van der Waals surface area contributed by atoms with Crippen LogP contribution in [0.1, 0.15) is 21.6 Å². The first-order chi connectivity index (χ1) is 10.7. The summed E-state index contributed by atoms with van der Waals surface area (Å²) in [7, 11) is 0. The number of carboxylic acids is 1. The second-order valence-corrected chi connectivity index (χ2v) is 5.26. The lowest BCUT2D eigenvalue weighted by atomic mass is 10.1. The average molecular weight is 295 g/mol. The highest BCUT2D eigenvalue weighted by molar-refractivity contribution is 5.93. The SMILES string of the molecule is O=C(O)c1ccc2cc(CCO)n(Cc3ccccc3)c2c1. The number of aromatic carboxylic acids is 1. The van der Waals surface area contributed by atoms with E-state index < -0.39 is 5.97 Å². The van der Waals surface area contributed by atoms with Crippen molar-refractivity contribution in [2.75, 3.05) is 6.61 Å². The zero-order chi connectivity index (χ0) is 15.5. The first-order valence-electron chi connectivity index (χ1n) is 7.19. The third-order valence-electron chi connectivity index (χ3n) is 3.79. The Morgan fingerprint density at radius 3 is 2.50 bits per heavy atom. The number of hydrogen-bond donors (Lipinski definition) is 2. The molecule has 0 aliphatic rings. The molecule has 0 fully saturated rings. The van der Waals surface area contributed by atoms with Gasteiger partial charge in [-0.25, -0.2) is 4.79 Å². The Morgan fingerprint density at radius 2 is 1.82 bits per heavy atom. The number of aromatic nitrogens is 1. The molecule has 0 saturated carbocycles. The van der Waals surface area contributed by atoms with Gasteiger partial charge in [0.15, 0.2) is 0 Å². The zero-order valence-electron chi connectivity index (χ0n) is 12.1. The summed E-state index contributed by atoms with van der Waals surface area (Å²) in [5, 5.41) is 19.4. The Morgan fingerprint density at radius 1 is 1.05 bits per heavy atom. The van der Waals surface area contributed by atoms with E-state index in [0.29, 0.717) is 13.0 Å². The van der Waals surface area contributed by atoms with Crippen LogP contribution in [0.2, 0.25) is 0 Å². The van der Waals surface area contributed by atoms with Crippen LogP contribution in [0.25, 0.3) is 10.9 Å². The molecule has 0 unspecified atom stereocenters. The summed E-state index contributed by atoms with van der Waals surface area (Å²) < 4.78 is 2.08. The molecule has 0 spiro atoms. The highest BCUT2D eigenvalue weighted by atomic mass is 16.4. The van der Waals surface area contributed by atoms with Crippen molar-refractivity contribution in [1.82, 2.24) is 4.57 Å². The molecule has 112 valence electrons. The number of carboxylic acid groups (broad SMARTS) is 1. The molecular formula is C18H17NO3. The summed E-state index contributed by atoms with van der Waals surface area (Å²) in [5.74, 6) is -0.932. The topological polar surface area (TPSA) is 62.5 Å². The number of aliphatic hydroxyl groups is 1. The average Bonchev–Trinajstić information content (AvgIpc) is 2.86. The van der Waals surface area contributed by atoms with Gasteiger partial charge in [-0.05, 0) is 29.1 Å². The standard InChI is InChI=1S/C18H17NO3/c20-9-8-16-10-14-6-7-15(18(21)22)11-17(14)19(16)12-13-4-2-1-3-5-13/h1-7,10-11,20H,8-9,12H2,(H,21,22). The molecule has 0 aliphatic heterocycles. The van der Waals surface area contributed by atoms with Gasteiger partial charge in [-0.15, -0.1) is 0 Å². The number of carbonyl (C=O) groups is 1. The highest BCUT2D eigenvalue weighted by Gasteiger charge is 2.12. The maximum atomic E-state index is 11.2. The molecule has 3 aromatic rings. The quantitative estimate of drug-likeness (QED) is 0.760. The van der Waals surface area contributed by atoms with Crippen LogP contribution in [0.15, 0.2) is 54.6 Å². The first kappa shape index (κ1) is 14.4. The molecule has 0 radical (unpaired) electrons. The van der Waals surface area contributed by atoms with Crippen molar-refractivity contribution in [3.05, 3.63) is 71.4 Å². The number of nitrogens with zero attached hydrogens (tertiary/aromatic N) is 1. The van der Waals surface area contributed by atoms with Crippen molar-refractivity contribution < 1.29 is 15.0 Å². The van der Waals surface area contributed by atoms with Gasteiger partial charge in [0, 0.05) is 30.8 Å². The fourth-order valence-corrected chi connectivity index (χ4v) is 2.72. The van der Waals surface area contributed by atoms with Gasteiger partial charge in [0.1, 0.15) is 0 Å². The smallest absolute Gasteiger partial charge is 0.335 e. The van der Waals surface area contributed by atoms with Gasteiger partial charge in [0.05, 0.1) is 5.56 Å². The van der Waals surface area contributed by atoms with Crippen LogP contribution in [0, 0.1) is 0 Å². The van der Waals surface area contributed by atoms with Crippen molar-refractivity contribution in [1.29, 1.82) is 0 Å². The molecule has 2 aromatic carbocycles. The minimum Gasteiger partial charge on any atom is -0.478 e. The lowest BCUT2D eigenvalue weighted by Gasteiger charge is -2.11. The maximum absolute atomic E-state index is 11.2. The molecular weight excluding hydrogens is 278 g/mol. The first-order valence-corrected chi connectivity index (χ1v) is 7.19. The molecule has 0 bridgehead atoms. The Bertz CT molecular complexity index is 806. The van der Waals surface area contributed by atoms with E-state index >= 15 is 0 Å². The van der Waals surface area contributed by atoms with Crippen molar-refractivity contribution >= 4 is 16.9 Å². The maximum Gasteiger partial charge on any atom is 0.335 e. The Labute approximate surface area is 128 Å². The third kappa shape index (κ3) is 2.73. The lowest BCUT2D eigenvalue weighted by Crippen LogP contribution is -2.06. The molecule has 4 nitrogen and oxygen atoms in total. The summed E-state index contributed by atoms with van der Waals surface area (Å²) in [6.45, 7) is 0.722. The van der Waals surface area contributed by atoms with Gasteiger partial charge >= 0.3 is 5.97 Å². The Balaban J connectivity index is 2.12. The van der Waals surface area contributed by atoms with Crippen LogP contribution in [-0.4, -0.2) is 27.4 Å². The van der Waals surface area contributed by atoms with Crippen molar-refractivity contribution in [3.8, 4) is 0 Å². The molecule has 0 atom stereocenters. The summed E-state index contributed by atoms with van der Waals surface area (Å²) in [6.07, 6.45) is 0.546. The van der Waals surface area contributed by atoms with Gasteiger partial charge in [0.25, 0.3) is 0 Å². The largest absolute Gasteiger partial charge is 0.478 e. The van der Waals surface area contributed by atoms with Crippen LogP contribution in [0.4, 0.5) is 0 Å². The van der Waals surface area contributed by atoms with E-state index in [1.807, 2.05) is 42.5 Å². The molecule has 2 N–H and O–H groups in total. The van der Waals surface area contributed by atoms with E-state index in [-0.39, 0.29) is 12.2 Å². The van der Waals surface area contributed by atoms with Crippen LogP contribution in [0.3, 0.4) is 0 Å². The van der Waals surface area contributed by atoms with Gasteiger partial charge in [-0.2, -0.15) is 0 Å². The molecule has 3 rings (SSSR count). The molecule has 0 amide bonds. The van der Waals surface area contributed by atoms with Crippen LogP contribution >= 0.6 is 0 Å². The summed E-state index contributed by atoms with van der Waals surface area (Å²) in [6, 6.07) is 17.1. The minimum absolute atomic E-state index is 0.0664. The van der Waals surface area contributed by atoms with Gasteiger partial charge in [-0.3, -0.25) is 0 Å². The zero-order valence-corrected chi connectivity index (χ0v) is 12.1. The van der Waals surface area contributed by atoms with Crippen LogP contribution in [-0.2, 0) is 13.0 Å².